The highest BCUT2D eigenvalue weighted by Crippen LogP contribution is 2.22. The molecule has 0 radical (unpaired) electrons. The van der Waals surface area contributed by atoms with Crippen molar-refractivity contribution in [3.05, 3.63) is 76.4 Å². The van der Waals surface area contributed by atoms with Gasteiger partial charge in [-0.2, -0.15) is 0 Å². The number of halogens is 1. The van der Waals surface area contributed by atoms with Crippen molar-refractivity contribution in [1.29, 1.82) is 0 Å². The number of aryl methyl sites for hydroxylation is 1. The van der Waals surface area contributed by atoms with E-state index in [1.54, 1.807) is 19.2 Å². The van der Waals surface area contributed by atoms with Crippen LogP contribution in [0.1, 0.15) is 21.6 Å². The molecular formula is C21H21ClN4O2. The van der Waals surface area contributed by atoms with Crippen molar-refractivity contribution < 1.29 is 9.53 Å². The van der Waals surface area contributed by atoms with Gasteiger partial charge in [0.1, 0.15) is 5.75 Å². The summed E-state index contributed by atoms with van der Waals surface area (Å²) in [6.45, 7) is 2.41. The lowest BCUT2D eigenvalue weighted by Gasteiger charge is -2.09. The summed E-state index contributed by atoms with van der Waals surface area (Å²) in [7, 11) is 1.63. The summed E-state index contributed by atoms with van der Waals surface area (Å²) >= 11 is 6.12. The Morgan fingerprint density at radius 2 is 1.93 bits per heavy atom. The summed E-state index contributed by atoms with van der Waals surface area (Å²) in [4.78, 5) is 12.3. The zero-order valence-electron chi connectivity index (χ0n) is 15.7. The van der Waals surface area contributed by atoms with Crippen molar-refractivity contribution in [1.82, 2.24) is 15.5 Å². The van der Waals surface area contributed by atoms with Gasteiger partial charge in [0.2, 0.25) is 0 Å². The van der Waals surface area contributed by atoms with Crippen LogP contribution in [0, 0.1) is 6.92 Å². The SMILES string of the molecule is COc1ccccc1CCNC(=O)c1ccc(Nc2ccc(C)c(Cl)c2)nn1. The number of para-hydroxylation sites is 1. The van der Waals surface area contributed by atoms with Crippen LogP contribution in [0.4, 0.5) is 11.5 Å². The third kappa shape index (κ3) is 4.98. The number of nitrogens with zero attached hydrogens (tertiary/aromatic N) is 2. The molecule has 0 aliphatic rings. The highest BCUT2D eigenvalue weighted by atomic mass is 35.5. The molecule has 0 saturated carbocycles. The third-order valence-electron chi connectivity index (χ3n) is 4.21. The fourth-order valence-electron chi connectivity index (χ4n) is 2.65. The van der Waals surface area contributed by atoms with Gasteiger partial charge in [0.25, 0.3) is 5.91 Å². The Morgan fingerprint density at radius 1 is 1.11 bits per heavy atom. The Kier molecular flexibility index (Phi) is 6.45. The predicted molar refractivity (Wildman–Crippen MR) is 111 cm³/mol. The number of carbonyl (C=O) groups excluding carboxylic acids is 1. The molecule has 1 amide bonds. The maximum atomic E-state index is 12.3. The van der Waals surface area contributed by atoms with Crippen molar-refractivity contribution in [3.8, 4) is 5.75 Å². The lowest BCUT2D eigenvalue weighted by atomic mass is 10.1. The van der Waals surface area contributed by atoms with Crippen LogP contribution in [-0.2, 0) is 6.42 Å². The molecule has 2 aromatic carbocycles. The number of benzene rings is 2. The summed E-state index contributed by atoms with van der Waals surface area (Å²) in [5.74, 6) is 1.07. The Labute approximate surface area is 168 Å². The number of rotatable bonds is 7. The van der Waals surface area contributed by atoms with Crippen molar-refractivity contribution in [3.63, 3.8) is 0 Å². The van der Waals surface area contributed by atoms with Crippen molar-refractivity contribution in [2.75, 3.05) is 19.0 Å². The lowest BCUT2D eigenvalue weighted by molar-refractivity contribution is 0.0948. The van der Waals surface area contributed by atoms with Crippen molar-refractivity contribution in [2.45, 2.75) is 13.3 Å². The fraction of sp³-hybridized carbons (Fsp3) is 0.190. The van der Waals surface area contributed by atoms with E-state index in [2.05, 4.69) is 20.8 Å². The summed E-state index contributed by atoms with van der Waals surface area (Å²) in [6.07, 6.45) is 0.664. The molecule has 0 aliphatic heterocycles. The summed E-state index contributed by atoms with van der Waals surface area (Å²) < 4.78 is 5.31. The number of aromatic nitrogens is 2. The maximum absolute atomic E-state index is 12.3. The van der Waals surface area contributed by atoms with E-state index in [-0.39, 0.29) is 11.6 Å². The largest absolute Gasteiger partial charge is 0.496 e. The Balaban J connectivity index is 1.55. The number of methoxy groups -OCH3 is 1. The Morgan fingerprint density at radius 3 is 2.64 bits per heavy atom. The Bertz CT molecular complexity index is 961. The molecule has 6 nitrogen and oxygen atoms in total. The Hall–Kier alpha value is -3.12. The molecule has 144 valence electrons. The molecule has 28 heavy (non-hydrogen) atoms. The van der Waals surface area contributed by atoms with Crippen molar-refractivity contribution in [2.24, 2.45) is 0 Å². The average molecular weight is 397 g/mol. The molecule has 3 rings (SSSR count). The standard InChI is InChI=1S/C21H21ClN4O2/c1-14-7-8-16(13-17(14)22)24-20-10-9-18(25-26-20)21(27)23-12-11-15-5-3-4-6-19(15)28-2/h3-10,13H,11-12H2,1-2H3,(H,23,27)(H,24,26). The second-order valence-corrected chi connectivity index (χ2v) is 6.62. The van der Waals surface area contributed by atoms with Crippen LogP contribution < -0.4 is 15.4 Å². The first-order valence-corrected chi connectivity index (χ1v) is 9.21. The van der Waals surface area contributed by atoms with Crippen LogP contribution in [0.2, 0.25) is 5.02 Å². The van der Waals surface area contributed by atoms with E-state index in [9.17, 15) is 4.79 Å². The van der Waals surface area contributed by atoms with Gasteiger partial charge in [0, 0.05) is 17.3 Å². The molecule has 0 fully saturated rings. The second-order valence-electron chi connectivity index (χ2n) is 6.21. The van der Waals surface area contributed by atoms with Gasteiger partial charge in [-0.25, -0.2) is 0 Å². The predicted octanol–water partition coefficient (Wildman–Crippen LogP) is 4.16. The minimum atomic E-state index is -0.271. The van der Waals surface area contributed by atoms with Gasteiger partial charge in [-0.15, -0.1) is 10.2 Å². The monoisotopic (exact) mass is 396 g/mol. The van der Waals surface area contributed by atoms with Crippen LogP contribution >= 0.6 is 11.6 Å². The third-order valence-corrected chi connectivity index (χ3v) is 4.62. The number of nitrogens with one attached hydrogen (secondary N) is 2. The summed E-state index contributed by atoms with van der Waals surface area (Å²) in [5.41, 5.74) is 3.09. The minimum absolute atomic E-state index is 0.257. The van der Waals surface area contributed by atoms with Crippen molar-refractivity contribution >= 4 is 29.0 Å². The van der Waals surface area contributed by atoms with Gasteiger partial charge in [-0.1, -0.05) is 35.9 Å². The molecule has 0 bridgehead atoms. The molecule has 1 heterocycles. The quantitative estimate of drug-likeness (QED) is 0.627. The highest BCUT2D eigenvalue weighted by molar-refractivity contribution is 6.31. The number of hydrogen-bond donors (Lipinski definition) is 2. The van der Waals surface area contributed by atoms with Gasteiger partial charge in [0.15, 0.2) is 11.5 Å². The normalized spacial score (nSPS) is 10.4. The highest BCUT2D eigenvalue weighted by Gasteiger charge is 2.09. The van der Waals surface area contributed by atoms with E-state index in [0.717, 1.165) is 22.6 Å². The number of carbonyl (C=O) groups is 1. The van der Waals surface area contributed by atoms with Crippen LogP contribution in [-0.4, -0.2) is 29.8 Å². The van der Waals surface area contributed by atoms with E-state index in [1.807, 2.05) is 49.4 Å². The zero-order chi connectivity index (χ0) is 19.9. The molecule has 0 saturated heterocycles. The number of hydrogen-bond acceptors (Lipinski definition) is 5. The first-order chi connectivity index (χ1) is 13.6. The van der Waals surface area contributed by atoms with Gasteiger partial charge in [-0.05, 0) is 54.8 Å². The maximum Gasteiger partial charge on any atom is 0.271 e. The van der Waals surface area contributed by atoms with Crippen LogP contribution in [0.25, 0.3) is 0 Å². The minimum Gasteiger partial charge on any atom is -0.496 e. The fourth-order valence-corrected chi connectivity index (χ4v) is 2.83. The number of amides is 1. The molecule has 3 aromatic rings. The molecule has 1 aromatic heterocycles. The molecule has 7 heteroatoms. The average Bonchev–Trinajstić information content (AvgIpc) is 2.71. The topological polar surface area (TPSA) is 76.1 Å². The summed E-state index contributed by atoms with van der Waals surface area (Å²) in [6, 6.07) is 16.7. The van der Waals surface area contributed by atoms with Gasteiger partial charge < -0.3 is 15.4 Å². The summed E-state index contributed by atoms with van der Waals surface area (Å²) in [5, 5.41) is 14.7. The van der Waals surface area contributed by atoms with Crippen LogP contribution in [0.5, 0.6) is 5.75 Å². The molecule has 0 aliphatic carbocycles. The van der Waals surface area contributed by atoms with Crippen LogP contribution in [0.15, 0.2) is 54.6 Å². The van der Waals surface area contributed by atoms with Crippen LogP contribution in [0.3, 0.4) is 0 Å². The molecule has 2 N–H and O–H groups in total. The number of ether oxygens (including phenoxy) is 1. The molecule has 0 atom stereocenters. The zero-order valence-corrected chi connectivity index (χ0v) is 16.5. The van der Waals surface area contributed by atoms with E-state index < -0.39 is 0 Å². The second kappa shape index (κ2) is 9.19. The van der Waals surface area contributed by atoms with Gasteiger partial charge >= 0.3 is 0 Å². The van der Waals surface area contributed by atoms with E-state index >= 15 is 0 Å². The first kappa shape index (κ1) is 19.6. The lowest BCUT2D eigenvalue weighted by Crippen LogP contribution is -2.26. The molecular weight excluding hydrogens is 376 g/mol. The van der Waals surface area contributed by atoms with Gasteiger partial charge in [0.05, 0.1) is 7.11 Å². The van der Waals surface area contributed by atoms with Gasteiger partial charge in [-0.3, -0.25) is 4.79 Å². The number of anilines is 2. The smallest absolute Gasteiger partial charge is 0.271 e. The first-order valence-electron chi connectivity index (χ1n) is 8.84. The van der Waals surface area contributed by atoms with E-state index in [1.165, 1.54) is 0 Å². The van der Waals surface area contributed by atoms with E-state index in [4.69, 9.17) is 16.3 Å². The molecule has 0 unspecified atom stereocenters. The van der Waals surface area contributed by atoms with E-state index in [0.29, 0.717) is 23.8 Å². The molecule has 0 spiro atoms.